The fraction of sp³-hybridized carbons (Fsp3) is 0.480. The second kappa shape index (κ2) is 11.4. The zero-order chi connectivity index (χ0) is 24.8. The van der Waals surface area contributed by atoms with E-state index in [9.17, 15) is 18.8 Å². The zero-order valence-electron chi connectivity index (χ0n) is 20.2. The maximum Gasteiger partial charge on any atom is 0.354 e. The van der Waals surface area contributed by atoms with Gasteiger partial charge in [0.25, 0.3) is 5.91 Å². The third kappa shape index (κ3) is 5.53. The number of esters is 1. The molecule has 1 aromatic heterocycles. The van der Waals surface area contributed by atoms with E-state index >= 15 is 0 Å². The number of ketones is 1. The zero-order valence-corrected chi connectivity index (χ0v) is 20.2. The summed E-state index contributed by atoms with van der Waals surface area (Å²) in [5.74, 6) is -1.72. The van der Waals surface area contributed by atoms with Crippen molar-refractivity contribution in [2.24, 2.45) is 0 Å². The number of ether oxygens (including phenoxy) is 2. The number of hydrogen-bond acceptors (Lipinski definition) is 6. The van der Waals surface area contributed by atoms with E-state index in [0.717, 1.165) is 13.1 Å². The van der Waals surface area contributed by atoms with Gasteiger partial charge >= 0.3 is 5.97 Å². The van der Waals surface area contributed by atoms with Crippen LogP contribution in [0.1, 0.15) is 49.4 Å². The summed E-state index contributed by atoms with van der Waals surface area (Å²) in [6, 6.07) is 5.46. The molecule has 0 N–H and O–H groups in total. The Morgan fingerprint density at radius 1 is 1.18 bits per heavy atom. The van der Waals surface area contributed by atoms with Crippen molar-refractivity contribution in [3.8, 4) is 0 Å². The average molecular weight is 474 g/mol. The predicted molar refractivity (Wildman–Crippen MR) is 125 cm³/mol. The topological polar surface area (TPSA) is 81.1 Å². The fourth-order valence-electron chi connectivity index (χ4n) is 4.46. The molecule has 184 valence electrons. The SMILES string of the molecule is CCn1c(C)c(C(=O)CN(CCN2CCOCC2)C(=O)c2cccc(F)c2)c(C)c1C(=O)OC. The lowest BCUT2D eigenvalue weighted by molar-refractivity contribution is 0.0323. The predicted octanol–water partition coefficient (Wildman–Crippen LogP) is 2.71. The molecule has 1 aliphatic heterocycles. The molecular weight excluding hydrogens is 441 g/mol. The van der Waals surface area contributed by atoms with Gasteiger partial charge in [0.15, 0.2) is 5.78 Å². The van der Waals surface area contributed by atoms with E-state index in [1.807, 2.05) is 6.92 Å². The van der Waals surface area contributed by atoms with Gasteiger partial charge in [-0.2, -0.15) is 0 Å². The summed E-state index contributed by atoms with van der Waals surface area (Å²) in [6.45, 7) is 9.29. The molecule has 1 amide bonds. The minimum absolute atomic E-state index is 0.185. The average Bonchev–Trinajstić information content (AvgIpc) is 3.10. The van der Waals surface area contributed by atoms with Gasteiger partial charge in [0, 0.05) is 49.5 Å². The van der Waals surface area contributed by atoms with Crippen LogP contribution in [0.2, 0.25) is 0 Å². The van der Waals surface area contributed by atoms with Gasteiger partial charge in [0.2, 0.25) is 0 Å². The molecule has 3 rings (SSSR count). The second-order valence-electron chi connectivity index (χ2n) is 8.28. The molecule has 34 heavy (non-hydrogen) atoms. The summed E-state index contributed by atoms with van der Waals surface area (Å²) >= 11 is 0. The normalized spacial score (nSPS) is 14.1. The number of Topliss-reactive ketones (excluding diaryl/α,β-unsaturated/α-hetero) is 1. The van der Waals surface area contributed by atoms with E-state index in [0.29, 0.717) is 55.4 Å². The Labute approximate surface area is 199 Å². The summed E-state index contributed by atoms with van der Waals surface area (Å²) < 4.78 is 25.8. The highest BCUT2D eigenvalue weighted by Crippen LogP contribution is 2.24. The molecule has 1 saturated heterocycles. The number of morpholine rings is 1. The van der Waals surface area contributed by atoms with Crippen molar-refractivity contribution in [1.29, 1.82) is 0 Å². The first-order valence-corrected chi connectivity index (χ1v) is 11.4. The molecule has 2 aromatic rings. The van der Waals surface area contributed by atoms with Gasteiger partial charge in [-0.3, -0.25) is 14.5 Å². The number of aromatic nitrogens is 1. The minimum Gasteiger partial charge on any atom is -0.464 e. The molecule has 0 saturated carbocycles. The standard InChI is InChI=1S/C25H32FN3O5/c1-5-29-18(3)22(17(2)23(29)25(32)33-4)21(30)16-28(10-9-27-11-13-34-14-12-27)24(31)19-7-6-8-20(26)15-19/h6-8,15H,5,9-14,16H2,1-4H3. The van der Waals surface area contributed by atoms with Crippen molar-refractivity contribution in [3.05, 3.63) is 58.2 Å². The van der Waals surface area contributed by atoms with Crippen molar-refractivity contribution >= 4 is 17.7 Å². The van der Waals surface area contributed by atoms with Crippen LogP contribution >= 0.6 is 0 Å². The number of carbonyl (C=O) groups is 3. The van der Waals surface area contributed by atoms with Gasteiger partial charge in [-0.15, -0.1) is 0 Å². The lowest BCUT2D eigenvalue weighted by atomic mass is 10.0. The highest BCUT2D eigenvalue weighted by molar-refractivity contribution is 6.06. The van der Waals surface area contributed by atoms with Crippen LogP contribution < -0.4 is 0 Å². The van der Waals surface area contributed by atoms with Crippen LogP contribution in [0.4, 0.5) is 4.39 Å². The highest BCUT2D eigenvalue weighted by atomic mass is 19.1. The Morgan fingerprint density at radius 2 is 1.88 bits per heavy atom. The van der Waals surface area contributed by atoms with Crippen LogP contribution in [0.3, 0.4) is 0 Å². The molecule has 1 fully saturated rings. The molecule has 9 heteroatoms. The molecule has 8 nitrogen and oxygen atoms in total. The fourth-order valence-corrected chi connectivity index (χ4v) is 4.46. The third-order valence-electron chi connectivity index (χ3n) is 6.22. The molecule has 0 spiro atoms. The van der Waals surface area contributed by atoms with Crippen LogP contribution in [-0.2, 0) is 16.0 Å². The van der Waals surface area contributed by atoms with Gasteiger partial charge in [0.1, 0.15) is 11.5 Å². The van der Waals surface area contributed by atoms with Crippen LogP contribution in [0, 0.1) is 19.7 Å². The summed E-state index contributed by atoms with van der Waals surface area (Å²) in [5.41, 5.74) is 2.11. The smallest absolute Gasteiger partial charge is 0.354 e. The van der Waals surface area contributed by atoms with Crippen LogP contribution in [0.5, 0.6) is 0 Å². The molecule has 1 aromatic carbocycles. The molecule has 0 aliphatic carbocycles. The third-order valence-corrected chi connectivity index (χ3v) is 6.22. The van der Waals surface area contributed by atoms with E-state index < -0.39 is 17.7 Å². The minimum atomic E-state index is -0.514. The summed E-state index contributed by atoms with van der Waals surface area (Å²) in [6.07, 6.45) is 0. The molecule has 1 aliphatic rings. The van der Waals surface area contributed by atoms with Crippen molar-refractivity contribution in [2.45, 2.75) is 27.3 Å². The molecule has 0 bridgehead atoms. The first kappa shape index (κ1) is 25.6. The Morgan fingerprint density at radius 3 is 2.50 bits per heavy atom. The van der Waals surface area contributed by atoms with E-state index in [1.165, 1.54) is 36.3 Å². The van der Waals surface area contributed by atoms with Gasteiger partial charge < -0.3 is 18.9 Å². The first-order chi connectivity index (χ1) is 16.3. The van der Waals surface area contributed by atoms with Crippen molar-refractivity contribution in [3.63, 3.8) is 0 Å². The number of rotatable bonds is 9. The lowest BCUT2D eigenvalue weighted by Crippen LogP contribution is -2.44. The summed E-state index contributed by atoms with van der Waals surface area (Å²) in [5, 5.41) is 0. The van der Waals surface area contributed by atoms with E-state index in [1.54, 1.807) is 18.4 Å². The summed E-state index contributed by atoms with van der Waals surface area (Å²) in [4.78, 5) is 42.7. The number of hydrogen-bond donors (Lipinski definition) is 0. The number of methoxy groups -OCH3 is 1. The first-order valence-electron chi connectivity index (χ1n) is 11.4. The number of halogens is 1. The van der Waals surface area contributed by atoms with Crippen molar-refractivity contribution < 1.29 is 28.2 Å². The van der Waals surface area contributed by atoms with Gasteiger partial charge in [-0.1, -0.05) is 6.07 Å². The number of benzene rings is 1. The maximum atomic E-state index is 13.8. The Balaban J connectivity index is 1.89. The Bertz CT molecular complexity index is 1060. The van der Waals surface area contributed by atoms with Crippen molar-refractivity contribution in [1.82, 2.24) is 14.4 Å². The molecule has 0 unspecified atom stereocenters. The lowest BCUT2D eigenvalue weighted by Gasteiger charge is -2.30. The Kier molecular flexibility index (Phi) is 8.57. The van der Waals surface area contributed by atoms with Crippen molar-refractivity contribution in [2.75, 3.05) is 53.0 Å². The van der Waals surface area contributed by atoms with Crippen LogP contribution in [0.15, 0.2) is 24.3 Å². The van der Waals surface area contributed by atoms with Gasteiger partial charge in [0.05, 0.1) is 26.9 Å². The summed E-state index contributed by atoms with van der Waals surface area (Å²) in [7, 11) is 1.30. The maximum absolute atomic E-state index is 13.8. The van der Waals surface area contributed by atoms with E-state index in [4.69, 9.17) is 9.47 Å². The molecule has 2 heterocycles. The number of amides is 1. The highest BCUT2D eigenvalue weighted by Gasteiger charge is 2.29. The van der Waals surface area contributed by atoms with E-state index in [-0.39, 0.29) is 17.9 Å². The second-order valence-corrected chi connectivity index (χ2v) is 8.28. The largest absolute Gasteiger partial charge is 0.464 e. The quantitative estimate of drug-likeness (QED) is 0.412. The number of nitrogens with zero attached hydrogens (tertiary/aromatic N) is 3. The van der Waals surface area contributed by atoms with Gasteiger partial charge in [-0.25, -0.2) is 9.18 Å². The van der Waals surface area contributed by atoms with E-state index in [2.05, 4.69) is 4.90 Å². The molecule has 0 radical (unpaired) electrons. The monoisotopic (exact) mass is 473 g/mol. The van der Waals surface area contributed by atoms with Crippen LogP contribution in [0.25, 0.3) is 0 Å². The van der Waals surface area contributed by atoms with Gasteiger partial charge in [-0.05, 0) is 44.5 Å². The molecular formula is C25H32FN3O5. The number of carbonyl (C=O) groups excluding carboxylic acids is 3. The molecule has 0 atom stereocenters. The van der Waals surface area contributed by atoms with Crippen LogP contribution in [-0.4, -0.2) is 85.1 Å². The Hall–Kier alpha value is -3.04.